The third kappa shape index (κ3) is 4.10. The van der Waals surface area contributed by atoms with Crippen molar-refractivity contribution in [2.24, 2.45) is 0 Å². The quantitative estimate of drug-likeness (QED) is 0.916. The second-order valence-electron chi connectivity index (χ2n) is 5.22. The van der Waals surface area contributed by atoms with Crippen LogP contribution in [0, 0.1) is 0 Å². The highest BCUT2D eigenvalue weighted by Gasteiger charge is 2.41. The number of aliphatic hydroxyl groups excluding tert-OH is 1. The topological polar surface area (TPSA) is 23.5 Å². The minimum absolute atomic E-state index is 0.0000926. The summed E-state index contributed by atoms with van der Waals surface area (Å²) in [4.78, 5) is 2.14. The van der Waals surface area contributed by atoms with Crippen LogP contribution < -0.4 is 0 Å². The molecule has 1 aliphatic rings. The summed E-state index contributed by atoms with van der Waals surface area (Å²) in [5.74, 6) is 0. The van der Waals surface area contributed by atoms with E-state index >= 15 is 0 Å². The van der Waals surface area contributed by atoms with Crippen molar-refractivity contribution < 1.29 is 5.11 Å². The highest BCUT2D eigenvalue weighted by molar-refractivity contribution is 8.01. The Balaban J connectivity index is 0.000000312. The fourth-order valence-corrected chi connectivity index (χ4v) is 2.89. The van der Waals surface area contributed by atoms with Crippen LogP contribution in [0.3, 0.4) is 0 Å². The van der Waals surface area contributed by atoms with E-state index in [4.69, 9.17) is 0 Å². The molecule has 1 N–H and O–H groups in total. The molecule has 106 valence electrons. The largest absolute Gasteiger partial charge is 0.395 e. The highest BCUT2D eigenvalue weighted by atomic mass is 32.2. The van der Waals surface area contributed by atoms with E-state index < -0.39 is 0 Å². The van der Waals surface area contributed by atoms with Gasteiger partial charge in [0.25, 0.3) is 0 Å². The lowest BCUT2D eigenvalue weighted by atomic mass is 9.64. The Bertz CT molecular complexity index is 417. The van der Waals surface area contributed by atoms with Crippen LogP contribution in [-0.4, -0.2) is 43.5 Å². The Morgan fingerprint density at radius 1 is 1.37 bits per heavy atom. The zero-order valence-corrected chi connectivity index (χ0v) is 13.2. The molecule has 0 bridgehead atoms. The maximum Gasteiger partial charge on any atom is 0.0543 e. The molecule has 19 heavy (non-hydrogen) atoms. The SMILES string of the molecule is C/C=C\SC.CN(C)CC1(CO)Cc2ccccc21. The predicted octanol–water partition coefficient (Wildman–Crippen LogP) is 2.92. The van der Waals surface area contributed by atoms with Crippen LogP contribution in [0.25, 0.3) is 0 Å². The lowest BCUT2D eigenvalue weighted by Crippen LogP contribution is -2.49. The minimum atomic E-state index is 0.0000926. The van der Waals surface area contributed by atoms with Crippen LogP contribution in [-0.2, 0) is 11.8 Å². The van der Waals surface area contributed by atoms with Gasteiger partial charge in [-0.1, -0.05) is 30.3 Å². The number of allylic oxidation sites excluding steroid dienone is 1. The molecule has 0 saturated carbocycles. The third-order valence-corrected chi connectivity index (χ3v) is 3.86. The van der Waals surface area contributed by atoms with E-state index in [0.29, 0.717) is 0 Å². The van der Waals surface area contributed by atoms with Gasteiger partial charge in [0.15, 0.2) is 0 Å². The van der Waals surface area contributed by atoms with Crippen molar-refractivity contribution in [3.05, 3.63) is 46.9 Å². The van der Waals surface area contributed by atoms with Gasteiger partial charge in [-0.25, -0.2) is 0 Å². The van der Waals surface area contributed by atoms with E-state index in [0.717, 1.165) is 13.0 Å². The number of aliphatic hydroxyl groups is 1. The van der Waals surface area contributed by atoms with E-state index in [-0.39, 0.29) is 12.0 Å². The van der Waals surface area contributed by atoms with Gasteiger partial charge in [-0.05, 0) is 50.2 Å². The Morgan fingerprint density at radius 3 is 2.47 bits per heavy atom. The van der Waals surface area contributed by atoms with Crippen LogP contribution in [0.4, 0.5) is 0 Å². The molecule has 3 heteroatoms. The summed E-state index contributed by atoms with van der Waals surface area (Å²) in [6, 6.07) is 8.41. The molecule has 1 aromatic rings. The number of hydrogen-bond acceptors (Lipinski definition) is 3. The van der Waals surface area contributed by atoms with Gasteiger partial charge in [-0.2, -0.15) is 0 Å². The molecule has 1 atom stereocenters. The van der Waals surface area contributed by atoms with Crippen molar-refractivity contribution in [1.29, 1.82) is 0 Å². The molecule has 2 nitrogen and oxygen atoms in total. The Kier molecular flexibility index (Phi) is 6.63. The maximum atomic E-state index is 9.51. The van der Waals surface area contributed by atoms with Crippen LogP contribution in [0.1, 0.15) is 18.1 Å². The van der Waals surface area contributed by atoms with E-state index in [1.165, 1.54) is 11.1 Å². The molecule has 0 spiro atoms. The predicted molar refractivity (Wildman–Crippen MR) is 85.8 cm³/mol. The summed E-state index contributed by atoms with van der Waals surface area (Å²) in [5, 5.41) is 11.5. The first-order chi connectivity index (χ1) is 9.09. The van der Waals surface area contributed by atoms with Crippen LogP contribution in [0.2, 0.25) is 0 Å². The number of rotatable bonds is 4. The molecule has 0 fully saturated rings. The van der Waals surface area contributed by atoms with E-state index in [1.807, 2.05) is 24.7 Å². The molecule has 0 aromatic heterocycles. The normalized spacial score (nSPS) is 20.7. The molecular weight excluding hydrogens is 254 g/mol. The molecule has 0 amide bonds. The first kappa shape index (κ1) is 16.3. The van der Waals surface area contributed by atoms with Gasteiger partial charge in [0, 0.05) is 12.0 Å². The van der Waals surface area contributed by atoms with E-state index in [1.54, 1.807) is 11.8 Å². The van der Waals surface area contributed by atoms with Crippen molar-refractivity contribution >= 4 is 11.8 Å². The second-order valence-corrected chi connectivity index (χ2v) is 5.96. The summed E-state index contributed by atoms with van der Waals surface area (Å²) >= 11 is 1.72. The van der Waals surface area contributed by atoms with Gasteiger partial charge in [-0.15, -0.1) is 11.8 Å². The van der Waals surface area contributed by atoms with Crippen molar-refractivity contribution in [1.82, 2.24) is 4.90 Å². The summed E-state index contributed by atoms with van der Waals surface area (Å²) in [6.45, 7) is 3.19. The summed E-state index contributed by atoms with van der Waals surface area (Å²) < 4.78 is 0. The van der Waals surface area contributed by atoms with Gasteiger partial charge in [-0.3, -0.25) is 0 Å². The van der Waals surface area contributed by atoms with Crippen LogP contribution in [0.5, 0.6) is 0 Å². The Hall–Kier alpha value is -0.770. The molecule has 1 aliphatic carbocycles. The monoisotopic (exact) mass is 279 g/mol. The van der Waals surface area contributed by atoms with Crippen LogP contribution in [0.15, 0.2) is 35.7 Å². The number of hydrogen-bond donors (Lipinski definition) is 1. The second kappa shape index (κ2) is 7.73. The molecule has 2 rings (SSSR count). The molecule has 0 aliphatic heterocycles. The molecule has 1 aromatic carbocycles. The minimum Gasteiger partial charge on any atom is -0.395 e. The van der Waals surface area contributed by atoms with Gasteiger partial charge in [0.05, 0.1) is 6.61 Å². The summed E-state index contributed by atoms with van der Waals surface area (Å²) in [7, 11) is 4.11. The average Bonchev–Trinajstić information content (AvgIpc) is 2.37. The fraction of sp³-hybridized carbons (Fsp3) is 0.500. The number of likely N-dealkylation sites (N-methyl/N-ethyl adjacent to an activating group) is 1. The van der Waals surface area contributed by atoms with Gasteiger partial charge in [0.2, 0.25) is 0 Å². The van der Waals surface area contributed by atoms with E-state index in [2.05, 4.69) is 43.3 Å². The molecule has 0 radical (unpaired) electrons. The van der Waals surface area contributed by atoms with E-state index in [9.17, 15) is 5.11 Å². The first-order valence-electron chi connectivity index (χ1n) is 6.57. The Labute approximate surface area is 121 Å². The molecule has 0 saturated heterocycles. The summed E-state index contributed by atoms with van der Waals surface area (Å²) in [6.07, 6.45) is 5.07. The zero-order chi connectivity index (χ0) is 14.3. The van der Waals surface area contributed by atoms with Gasteiger partial charge >= 0.3 is 0 Å². The van der Waals surface area contributed by atoms with Gasteiger partial charge in [0.1, 0.15) is 0 Å². The number of nitrogens with zero attached hydrogens (tertiary/aromatic N) is 1. The third-order valence-electron chi connectivity index (χ3n) is 3.31. The van der Waals surface area contributed by atoms with Crippen LogP contribution >= 0.6 is 11.8 Å². The lowest BCUT2D eigenvalue weighted by molar-refractivity contribution is 0.138. The fourth-order valence-electron chi connectivity index (χ4n) is 2.62. The van der Waals surface area contributed by atoms with Crippen molar-refractivity contribution in [2.45, 2.75) is 18.8 Å². The number of benzene rings is 1. The molecule has 1 unspecified atom stereocenters. The average molecular weight is 279 g/mol. The zero-order valence-electron chi connectivity index (χ0n) is 12.4. The summed E-state index contributed by atoms with van der Waals surface area (Å²) in [5.41, 5.74) is 2.72. The van der Waals surface area contributed by atoms with Crippen molar-refractivity contribution in [3.8, 4) is 0 Å². The first-order valence-corrected chi connectivity index (χ1v) is 7.86. The smallest absolute Gasteiger partial charge is 0.0543 e. The maximum absolute atomic E-state index is 9.51. The van der Waals surface area contributed by atoms with Crippen molar-refractivity contribution in [3.63, 3.8) is 0 Å². The Morgan fingerprint density at radius 2 is 2.05 bits per heavy atom. The van der Waals surface area contributed by atoms with Gasteiger partial charge < -0.3 is 10.0 Å². The number of fused-ring (bicyclic) bond motifs is 1. The molecule has 0 heterocycles. The number of thioether (sulfide) groups is 1. The highest BCUT2D eigenvalue weighted by Crippen LogP contribution is 2.40. The van der Waals surface area contributed by atoms with Crippen molar-refractivity contribution in [2.75, 3.05) is 33.5 Å². The lowest BCUT2D eigenvalue weighted by Gasteiger charge is -2.44. The molecular formula is C16H25NOS. The standard InChI is InChI=1S/C12H17NO.C4H8S/c1-13(2)8-12(9-14)7-10-5-3-4-6-11(10)12;1-3-4-5-2/h3-6,14H,7-9H2,1-2H3;3-4H,1-2H3/b;4-3-.